The van der Waals surface area contributed by atoms with E-state index in [2.05, 4.69) is 14.0 Å². The molecule has 0 N–H and O–H groups in total. The van der Waals surface area contributed by atoms with E-state index in [0.717, 1.165) is 6.54 Å². The van der Waals surface area contributed by atoms with Gasteiger partial charge < -0.3 is 4.90 Å². The molecule has 1 radical (unpaired) electrons. The lowest BCUT2D eigenvalue weighted by Gasteiger charge is -1.99. The Hall–Kier alpha value is -0.0400. The first-order valence-electron chi connectivity index (χ1n) is 1.79. The van der Waals surface area contributed by atoms with Crippen molar-refractivity contribution in [1.82, 2.24) is 4.90 Å². The van der Waals surface area contributed by atoms with Gasteiger partial charge in [0.05, 0.1) is 0 Å². The quantitative estimate of drug-likeness (QED) is 0.441. The summed E-state index contributed by atoms with van der Waals surface area (Å²) in [7, 11) is 5.53. The minimum Gasteiger partial charge on any atom is -0.305 e. The van der Waals surface area contributed by atoms with Gasteiger partial charge in [0.1, 0.15) is 0 Å². The molecule has 0 aliphatic rings. The minimum absolute atomic E-state index is 1.03. The Morgan fingerprint density at radius 1 is 1.80 bits per heavy atom. The van der Waals surface area contributed by atoms with Gasteiger partial charge in [0.15, 0.2) is 0 Å². The van der Waals surface area contributed by atoms with Crippen molar-refractivity contribution in [1.29, 1.82) is 0 Å². The molecule has 0 bridgehead atoms. The van der Waals surface area contributed by atoms with Crippen LogP contribution in [0.3, 0.4) is 0 Å². The summed E-state index contributed by atoms with van der Waals surface area (Å²) >= 11 is 0. The highest BCUT2D eigenvalue weighted by molar-refractivity contribution is 4.34. The summed E-state index contributed by atoms with van der Waals surface area (Å²) in [6, 6.07) is 0. The van der Waals surface area contributed by atoms with Gasteiger partial charge in [-0.2, -0.15) is 0 Å². The predicted octanol–water partition coefficient (Wildman–Crippen LogP) is 0.730. The van der Waals surface area contributed by atoms with Gasteiger partial charge in [0.25, 0.3) is 0 Å². The second kappa shape index (κ2) is 2.21. The zero-order valence-corrected chi connectivity index (χ0v) is 3.86. The van der Waals surface area contributed by atoms with Crippen LogP contribution in [0.25, 0.3) is 0 Å². The van der Waals surface area contributed by atoms with Crippen LogP contribution in [0.2, 0.25) is 0 Å². The van der Waals surface area contributed by atoms with Gasteiger partial charge >= 0.3 is 0 Å². The van der Waals surface area contributed by atoms with E-state index in [9.17, 15) is 0 Å². The van der Waals surface area contributed by atoms with E-state index in [4.69, 9.17) is 0 Å². The average molecular weight is 72.1 g/mol. The maximum absolute atomic E-state index is 3.59. The Bertz CT molecular complexity index is 17.6. The van der Waals surface area contributed by atoms with Gasteiger partial charge in [-0.15, -0.1) is 0 Å². The molecule has 0 atom stereocenters. The lowest BCUT2D eigenvalue weighted by atomic mass is 10.7. The first kappa shape index (κ1) is 4.96. The van der Waals surface area contributed by atoms with Crippen molar-refractivity contribution in [3.63, 3.8) is 0 Å². The molecule has 0 saturated carbocycles. The summed E-state index contributed by atoms with van der Waals surface area (Å²) in [6.07, 6.45) is 0. The molecule has 0 rings (SSSR count). The summed E-state index contributed by atoms with van der Waals surface area (Å²) in [5, 5.41) is 0. The highest BCUT2D eigenvalue weighted by Gasteiger charge is 1.72. The Labute approximate surface area is 33.6 Å². The van der Waals surface area contributed by atoms with Crippen LogP contribution in [0.15, 0.2) is 0 Å². The molecular weight excluding hydrogens is 62.1 g/mol. The molecule has 31 valence electrons. The zero-order chi connectivity index (χ0) is 4.28. The standard InChI is InChI=1S/C4H10N/c1-4-5(2)3/h2,4H2,1,3H3. The van der Waals surface area contributed by atoms with E-state index in [1.54, 1.807) is 0 Å². The monoisotopic (exact) mass is 72.1 g/mol. The maximum atomic E-state index is 3.59. The van der Waals surface area contributed by atoms with Gasteiger partial charge in [-0.25, -0.2) is 0 Å². The topological polar surface area (TPSA) is 3.24 Å². The van der Waals surface area contributed by atoms with Crippen molar-refractivity contribution in [3.05, 3.63) is 7.05 Å². The summed E-state index contributed by atoms with van der Waals surface area (Å²) in [5.74, 6) is 0. The molecular formula is C4H10N. The van der Waals surface area contributed by atoms with E-state index in [-0.39, 0.29) is 0 Å². The molecule has 0 aromatic heterocycles. The van der Waals surface area contributed by atoms with Crippen molar-refractivity contribution in [2.24, 2.45) is 0 Å². The summed E-state index contributed by atoms with van der Waals surface area (Å²) < 4.78 is 0. The summed E-state index contributed by atoms with van der Waals surface area (Å²) in [5.41, 5.74) is 0. The van der Waals surface area contributed by atoms with Crippen LogP contribution in [0, 0.1) is 7.05 Å². The van der Waals surface area contributed by atoms with Crippen LogP contribution in [0.5, 0.6) is 0 Å². The van der Waals surface area contributed by atoms with Gasteiger partial charge in [-0.3, -0.25) is 0 Å². The molecule has 0 heterocycles. The average Bonchev–Trinajstić information content (AvgIpc) is 1.38. The molecule has 0 aliphatic heterocycles. The van der Waals surface area contributed by atoms with Gasteiger partial charge in [-0.05, 0) is 13.6 Å². The normalized spacial score (nSPS) is 9.60. The largest absolute Gasteiger partial charge is 0.305 e. The molecule has 1 nitrogen and oxygen atoms in total. The van der Waals surface area contributed by atoms with E-state index in [1.165, 1.54) is 0 Å². The van der Waals surface area contributed by atoms with Crippen molar-refractivity contribution >= 4 is 0 Å². The van der Waals surface area contributed by atoms with Crippen molar-refractivity contribution in [3.8, 4) is 0 Å². The second-order valence-corrected chi connectivity index (χ2v) is 1.17. The van der Waals surface area contributed by atoms with Crippen molar-refractivity contribution in [2.75, 3.05) is 13.6 Å². The highest BCUT2D eigenvalue weighted by Crippen LogP contribution is 1.67. The lowest BCUT2D eigenvalue weighted by molar-refractivity contribution is 0.478. The first-order chi connectivity index (χ1) is 2.27. The third kappa shape index (κ3) is 3.96. The smallest absolute Gasteiger partial charge is 0.0106 e. The van der Waals surface area contributed by atoms with Gasteiger partial charge in [0.2, 0.25) is 0 Å². The highest BCUT2D eigenvalue weighted by atomic mass is 15.0. The number of hydrogen-bond acceptors (Lipinski definition) is 1. The third-order valence-corrected chi connectivity index (χ3v) is 0.540. The van der Waals surface area contributed by atoms with Crippen LogP contribution >= 0.6 is 0 Å². The van der Waals surface area contributed by atoms with Crippen LogP contribution < -0.4 is 0 Å². The summed E-state index contributed by atoms with van der Waals surface area (Å²) in [4.78, 5) is 1.88. The third-order valence-electron chi connectivity index (χ3n) is 0.540. The molecule has 0 amide bonds. The van der Waals surface area contributed by atoms with Crippen molar-refractivity contribution in [2.45, 2.75) is 6.92 Å². The molecule has 1 heteroatoms. The fourth-order valence-corrected chi connectivity index (χ4v) is 0. The lowest BCUT2D eigenvalue weighted by Crippen LogP contribution is -2.05. The first-order valence-corrected chi connectivity index (χ1v) is 1.79. The fourth-order valence-electron chi connectivity index (χ4n) is 0. The Kier molecular flexibility index (Phi) is 2.19. The Morgan fingerprint density at radius 3 is 2.00 bits per heavy atom. The van der Waals surface area contributed by atoms with Crippen LogP contribution in [-0.4, -0.2) is 18.5 Å². The SMILES string of the molecule is [CH2]N(C)CC. The number of hydrogen-bond donors (Lipinski definition) is 0. The minimum atomic E-state index is 1.03. The van der Waals surface area contributed by atoms with Crippen LogP contribution in [0.1, 0.15) is 6.92 Å². The van der Waals surface area contributed by atoms with Crippen molar-refractivity contribution < 1.29 is 0 Å². The van der Waals surface area contributed by atoms with Gasteiger partial charge in [-0.1, -0.05) is 6.92 Å². The summed E-state index contributed by atoms with van der Waals surface area (Å²) in [6.45, 7) is 3.09. The predicted molar refractivity (Wildman–Crippen MR) is 23.7 cm³/mol. The molecule has 0 aromatic carbocycles. The molecule has 0 saturated heterocycles. The zero-order valence-electron chi connectivity index (χ0n) is 3.86. The van der Waals surface area contributed by atoms with Crippen LogP contribution in [-0.2, 0) is 0 Å². The number of rotatable bonds is 1. The molecule has 0 aliphatic carbocycles. The van der Waals surface area contributed by atoms with E-state index >= 15 is 0 Å². The van der Waals surface area contributed by atoms with E-state index in [0.29, 0.717) is 0 Å². The number of nitrogens with zero attached hydrogens (tertiary/aromatic N) is 1. The van der Waals surface area contributed by atoms with E-state index in [1.807, 2.05) is 11.9 Å². The molecule has 0 unspecified atom stereocenters. The fraction of sp³-hybridized carbons (Fsp3) is 0.750. The molecule has 5 heavy (non-hydrogen) atoms. The molecule has 0 aromatic rings. The van der Waals surface area contributed by atoms with Crippen LogP contribution in [0.4, 0.5) is 0 Å². The second-order valence-electron chi connectivity index (χ2n) is 1.17. The molecule has 0 spiro atoms. The van der Waals surface area contributed by atoms with Gasteiger partial charge in [0, 0.05) is 7.05 Å². The Morgan fingerprint density at radius 2 is 2.00 bits per heavy atom. The maximum Gasteiger partial charge on any atom is 0.0106 e. The Balaban J connectivity index is 2.54. The van der Waals surface area contributed by atoms with E-state index < -0.39 is 0 Å². The molecule has 0 fully saturated rings.